The van der Waals surface area contributed by atoms with Crippen LogP contribution in [0.5, 0.6) is 0 Å². The van der Waals surface area contributed by atoms with E-state index in [9.17, 15) is 0 Å². The lowest BCUT2D eigenvalue weighted by atomic mass is 9.78. The first kappa shape index (κ1) is 19.7. The van der Waals surface area contributed by atoms with E-state index < -0.39 is 8.07 Å². The summed E-state index contributed by atoms with van der Waals surface area (Å²) in [4.78, 5) is 0. The Labute approximate surface area is 159 Å². The van der Waals surface area contributed by atoms with Gasteiger partial charge in [-0.1, -0.05) is 44.3 Å². The van der Waals surface area contributed by atoms with E-state index in [2.05, 4.69) is 49.2 Å². The second-order valence-electron chi connectivity index (χ2n) is 8.83. The molecule has 3 rings (SSSR count). The number of ether oxygens (including phenoxy) is 1. The molecule has 1 aliphatic heterocycles. The molecule has 3 nitrogen and oxygen atoms in total. The molecular formula is C22H35NO2Si. The minimum absolute atomic E-state index is 0.573. The van der Waals surface area contributed by atoms with Crippen molar-refractivity contribution in [2.24, 2.45) is 5.92 Å². The number of furan rings is 1. The van der Waals surface area contributed by atoms with Crippen LogP contribution < -0.4 is 10.7 Å². The summed E-state index contributed by atoms with van der Waals surface area (Å²) in [5, 5.41) is 6.12. The number of hydrogen-bond acceptors (Lipinski definition) is 3. The average Bonchev–Trinajstić information content (AvgIpc) is 3.08. The summed E-state index contributed by atoms with van der Waals surface area (Å²) < 4.78 is 11.7. The Hall–Kier alpha value is -1.10. The summed E-state index contributed by atoms with van der Waals surface area (Å²) in [6.07, 6.45) is 6.18. The Morgan fingerprint density at radius 1 is 1.27 bits per heavy atom. The van der Waals surface area contributed by atoms with Gasteiger partial charge in [-0.3, -0.25) is 0 Å². The highest BCUT2D eigenvalue weighted by Gasteiger charge is 2.28. The number of unbranched alkanes of at least 4 members (excludes halogenated alkanes) is 1. The van der Waals surface area contributed by atoms with E-state index >= 15 is 0 Å². The smallest absolute Gasteiger partial charge is 0.137 e. The molecule has 0 bridgehead atoms. The normalized spacial score (nSPS) is 19.8. The van der Waals surface area contributed by atoms with Crippen LogP contribution in [0.1, 0.15) is 43.6 Å². The molecule has 0 spiro atoms. The van der Waals surface area contributed by atoms with E-state index in [0.717, 1.165) is 31.7 Å². The van der Waals surface area contributed by atoms with Crippen LogP contribution in [0, 0.1) is 5.92 Å². The number of para-hydroxylation sites is 1. The van der Waals surface area contributed by atoms with Crippen LogP contribution in [0.15, 0.2) is 28.7 Å². The summed E-state index contributed by atoms with van der Waals surface area (Å²) in [5.74, 6) is 1.28. The molecule has 1 saturated heterocycles. The number of nitrogens with one attached hydrogen (secondary N) is 1. The summed E-state index contributed by atoms with van der Waals surface area (Å²) >= 11 is 0. The summed E-state index contributed by atoms with van der Waals surface area (Å²) in [6, 6.07) is 9.05. The summed E-state index contributed by atoms with van der Waals surface area (Å²) in [6.45, 7) is 10.2. The lowest BCUT2D eigenvalue weighted by molar-refractivity contribution is 0.189. The van der Waals surface area contributed by atoms with Crippen LogP contribution in [0.25, 0.3) is 11.0 Å². The first-order valence-corrected chi connectivity index (χ1v) is 13.7. The molecule has 144 valence electrons. The van der Waals surface area contributed by atoms with Gasteiger partial charge in [0.2, 0.25) is 0 Å². The van der Waals surface area contributed by atoms with Gasteiger partial charge < -0.3 is 14.5 Å². The zero-order chi connectivity index (χ0) is 18.6. The third-order valence-corrected chi connectivity index (χ3v) is 7.46. The molecule has 2 aromatic rings. The van der Waals surface area contributed by atoms with Crippen LogP contribution in [0.4, 0.5) is 0 Å². The molecule has 2 atom stereocenters. The lowest BCUT2D eigenvalue weighted by Gasteiger charge is -2.31. The second kappa shape index (κ2) is 8.72. The van der Waals surface area contributed by atoms with Gasteiger partial charge in [0.05, 0.1) is 5.38 Å². The van der Waals surface area contributed by atoms with Gasteiger partial charge in [-0.2, -0.15) is 0 Å². The Morgan fingerprint density at radius 3 is 2.81 bits per heavy atom. The van der Waals surface area contributed by atoms with E-state index in [1.54, 1.807) is 7.11 Å². The maximum atomic E-state index is 6.48. The lowest BCUT2D eigenvalue weighted by Crippen LogP contribution is -2.36. The topological polar surface area (TPSA) is 34.4 Å². The number of hydrogen-bond donors (Lipinski definition) is 1. The molecule has 1 aromatic heterocycles. The third kappa shape index (κ3) is 4.59. The highest BCUT2D eigenvalue weighted by molar-refractivity contribution is 6.87. The molecule has 1 aromatic carbocycles. The monoisotopic (exact) mass is 373 g/mol. The van der Waals surface area contributed by atoms with E-state index in [-0.39, 0.29) is 0 Å². The molecule has 2 heterocycles. The van der Waals surface area contributed by atoms with Crippen LogP contribution >= 0.6 is 0 Å². The fourth-order valence-corrected chi connectivity index (χ4v) is 5.22. The van der Waals surface area contributed by atoms with Gasteiger partial charge in [0.1, 0.15) is 13.7 Å². The van der Waals surface area contributed by atoms with Crippen LogP contribution in [0.2, 0.25) is 19.6 Å². The van der Waals surface area contributed by atoms with Crippen molar-refractivity contribution < 1.29 is 9.15 Å². The first-order valence-electron chi connectivity index (χ1n) is 10.2. The minimum atomic E-state index is -1.45. The molecule has 26 heavy (non-hydrogen) atoms. The van der Waals surface area contributed by atoms with Crippen molar-refractivity contribution in [1.82, 2.24) is 5.32 Å². The Bertz CT molecular complexity index is 698. The van der Waals surface area contributed by atoms with E-state index in [0.29, 0.717) is 11.8 Å². The van der Waals surface area contributed by atoms with Crippen molar-refractivity contribution >= 4 is 24.4 Å². The van der Waals surface area contributed by atoms with Gasteiger partial charge in [0.15, 0.2) is 0 Å². The zero-order valence-electron chi connectivity index (χ0n) is 16.9. The van der Waals surface area contributed by atoms with E-state index in [1.165, 1.54) is 42.0 Å². The van der Waals surface area contributed by atoms with Crippen LogP contribution in [-0.4, -0.2) is 34.9 Å². The van der Waals surface area contributed by atoms with Crippen LogP contribution in [0.3, 0.4) is 0 Å². The van der Waals surface area contributed by atoms with Gasteiger partial charge in [-0.05, 0) is 62.2 Å². The third-order valence-electron chi connectivity index (χ3n) is 5.73. The number of benzene rings is 1. The highest BCUT2D eigenvalue weighted by Crippen LogP contribution is 2.37. The van der Waals surface area contributed by atoms with Gasteiger partial charge in [-0.25, -0.2) is 0 Å². The Balaban J connectivity index is 1.92. The van der Waals surface area contributed by atoms with E-state index in [1.807, 2.05) is 0 Å². The second-order valence-corrected chi connectivity index (χ2v) is 13.8. The summed E-state index contributed by atoms with van der Waals surface area (Å²) in [7, 11) is 0.350. The Kier molecular flexibility index (Phi) is 6.59. The summed E-state index contributed by atoms with van der Waals surface area (Å²) in [5.41, 5.74) is 2.57. The maximum absolute atomic E-state index is 6.48. The number of rotatable bonds is 8. The van der Waals surface area contributed by atoms with E-state index in [4.69, 9.17) is 9.15 Å². The highest BCUT2D eigenvalue weighted by atomic mass is 28.3. The molecular weight excluding hydrogens is 338 g/mol. The molecule has 1 aliphatic rings. The van der Waals surface area contributed by atoms with Crippen molar-refractivity contribution in [1.29, 1.82) is 0 Å². The average molecular weight is 374 g/mol. The van der Waals surface area contributed by atoms with Crippen LogP contribution in [-0.2, 0) is 4.74 Å². The standard InChI is InChI=1S/C22H35NO2Si/c1-24-14-6-5-11-19(18-10-8-13-23-16-18)20-12-7-9-17-15-21(25-22(17)20)26(2,3)4/h7,9,12,15,18-19,23H,5-6,8,10-11,13-14,16H2,1-4H3/t18-,19-/m0/s1. The number of fused-ring (bicyclic) bond motifs is 1. The van der Waals surface area contributed by atoms with Gasteiger partial charge in [0.25, 0.3) is 0 Å². The predicted octanol–water partition coefficient (Wildman–Crippen LogP) is 4.88. The quantitative estimate of drug-likeness (QED) is 0.529. The van der Waals surface area contributed by atoms with Crippen molar-refractivity contribution in [2.45, 2.75) is 57.7 Å². The molecule has 1 N–H and O–H groups in total. The molecule has 0 amide bonds. The number of piperidine rings is 1. The largest absolute Gasteiger partial charge is 0.466 e. The predicted molar refractivity (Wildman–Crippen MR) is 113 cm³/mol. The molecule has 0 unspecified atom stereocenters. The zero-order valence-corrected chi connectivity index (χ0v) is 17.9. The SMILES string of the molecule is COCCCC[C@H](c1cccc2cc([Si](C)(C)C)oc12)[C@H]1CCCNC1. The molecule has 1 fully saturated rings. The van der Waals surface area contributed by atoms with Gasteiger partial charge >= 0.3 is 0 Å². The van der Waals surface area contributed by atoms with Crippen molar-refractivity contribution in [2.75, 3.05) is 26.8 Å². The fourth-order valence-electron chi connectivity index (χ4n) is 4.23. The van der Waals surface area contributed by atoms with Crippen molar-refractivity contribution in [3.63, 3.8) is 0 Å². The molecule has 4 heteroatoms. The van der Waals surface area contributed by atoms with Gasteiger partial charge in [0, 0.05) is 19.1 Å². The molecule has 0 saturated carbocycles. The minimum Gasteiger partial charge on any atom is -0.466 e. The van der Waals surface area contributed by atoms with Crippen molar-refractivity contribution in [3.05, 3.63) is 29.8 Å². The number of methoxy groups -OCH3 is 1. The van der Waals surface area contributed by atoms with Crippen molar-refractivity contribution in [3.8, 4) is 0 Å². The molecule has 0 radical (unpaired) electrons. The fraction of sp³-hybridized carbons (Fsp3) is 0.636. The Morgan fingerprint density at radius 2 is 2.12 bits per heavy atom. The maximum Gasteiger partial charge on any atom is 0.137 e. The molecule has 0 aliphatic carbocycles. The first-order chi connectivity index (χ1) is 12.5. The van der Waals surface area contributed by atoms with Gasteiger partial charge in [-0.15, -0.1) is 0 Å².